The molecule has 1 aromatic heterocycles. The van der Waals surface area contributed by atoms with E-state index in [1.54, 1.807) is 19.4 Å². The lowest BCUT2D eigenvalue weighted by Crippen LogP contribution is -2.46. The lowest BCUT2D eigenvalue weighted by Gasteiger charge is -2.30. The highest BCUT2D eigenvalue weighted by molar-refractivity contribution is 5.82. The van der Waals surface area contributed by atoms with E-state index in [1.807, 2.05) is 57.2 Å². The third-order valence-electron chi connectivity index (χ3n) is 6.23. The van der Waals surface area contributed by atoms with Crippen LogP contribution in [0.1, 0.15) is 49.8 Å². The molecule has 35 heavy (non-hydrogen) atoms. The Bertz CT molecular complexity index is 1140. The summed E-state index contributed by atoms with van der Waals surface area (Å²) in [7, 11) is 1.60. The number of hydrogen-bond donors (Lipinski definition) is 0. The third kappa shape index (κ3) is 5.70. The normalized spacial score (nSPS) is 13.5. The minimum absolute atomic E-state index is 0.0449. The van der Waals surface area contributed by atoms with E-state index in [2.05, 4.69) is 29.2 Å². The molecule has 1 aliphatic rings. The maximum absolute atomic E-state index is 13.1. The third-order valence-corrected chi connectivity index (χ3v) is 6.23. The van der Waals surface area contributed by atoms with E-state index in [4.69, 9.17) is 9.47 Å². The topological polar surface area (TPSA) is 68.7 Å². The van der Waals surface area contributed by atoms with Gasteiger partial charge in [0.1, 0.15) is 18.2 Å². The van der Waals surface area contributed by atoms with Crippen LogP contribution in [0, 0.1) is 0 Å². The molecule has 0 saturated heterocycles. The van der Waals surface area contributed by atoms with Crippen molar-refractivity contribution < 1.29 is 19.1 Å². The largest absolute Gasteiger partial charge is 0.458 e. The van der Waals surface area contributed by atoms with Gasteiger partial charge in [0, 0.05) is 25.4 Å². The molecule has 1 amide bonds. The van der Waals surface area contributed by atoms with Crippen LogP contribution >= 0.6 is 0 Å². The van der Waals surface area contributed by atoms with E-state index in [9.17, 15) is 9.59 Å². The van der Waals surface area contributed by atoms with Crippen molar-refractivity contribution in [1.82, 2.24) is 9.88 Å². The first-order valence-electron chi connectivity index (χ1n) is 11.9. The van der Waals surface area contributed by atoms with Crippen molar-refractivity contribution in [1.29, 1.82) is 0 Å². The SMILES string of the molecule is CN(C(=O)OCC1c2ccccc2-c2ccccc21)C(CCc1ccncc1)C(=O)OC(C)(C)C. The zero-order chi connectivity index (χ0) is 25.0. The number of pyridine rings is 1. The number of nitrogens with zero attached hydrogens (tertiary/aromatic N) is 2. The average Bonchev–Trinajstić information content (AvgIpc) is 3.16. The fourth-order valence-corrected chi connectivity index (χ4v) is 4.52. The molecule has 3 aromatic rings. The quantitative estimate of drug-likeness (QED) is 0.418. The minimum Gasteiger partial charge on any atom is -0.458 e. The Balaban J connectivity index is 1.47. The molecule has 6 heteroatoms. The molecule has 0 aliphatic heterocycles. The predicted octanol–water partition coefficient (Wildman–Crippen LogP) is 5.61. The Labute approximate surface area is 206 Å². The molecule has 182 valence electrons. The Morgan fingerprint density at radius 3 is 2.09 bits per heavy atom. The maximum atomic E-state index is 13.1. The standard InChI is InChI=1S/C29H32N2O4/c1-29(2,3)35-27(32)26(14-13-20-15-17-30-18-16-20)31(4)28(33)34-19-25-23-11-7-5-9-21(23)22-10-6-8-12-24(22)25/h5-12,15-18,25-26H,13-14,19H2,1-4H3. The van der Waals surface area contributed by atoms with Gasteiger partial charge in [-0.05, 0) is 73.6 Å². The van der Waals surface area contributed by atoms with E-state index in [1.165, 1.54) is 16.0 Å². The zero-order valence-electron chi connectivity index (χ0n) is 20.7. The van der Waals surface area contributed by atoms with E-state index in [0.717, 1.165) is 16.7 Å². The Morgan fingerprint density at radius 2 is 1.51 bits per heavy atom. The van der Waals surface area contributed by atoms with Crippen molar-refractivity contribution in [3.63, 3.8) is 0 Å². The molecule has 0 spiro atoms. The van der Waals surface area contributed by atoms with Crippen LogP contribution in [-0.4, -0.2) is 47.2 Å². The summed E-state index contributed by atoms with van der Waals surface area (Å²) >= 11 is 0. The summed E-state index contributed by atoms with van der Waals surface area (Å²) in [6.45, 7) is 5.65. The number of aromatic nitrogens is 1. The second kappa shape index (κ2) is 10.3. The minimum atomic E-state index is -0.766. The highest BCUT2D eigenvalue weighted by atomic mass is 16.6. The molecule has 0 saturated carbocycles. The molecule has 1 atom stereocenters. The summed E-state index contributed by atoms with van der Waals surface area (Å²) < 4.78 is 11.4. The van der Waals surface area contributed by atoms with Crippen LogP contribution in [0.5, 0.6) is 0 Å². The van der Waals surface area contributed by atoms with Gasteiger partial charge in [-0.2, -0.15) is 0 Å². The number of carbonyl (C=O) groups excluding carboxylic acids is 2. The van der Waals surface area contributed by atoms with Gasteiger partial charge in [-0.25, -0.2) is 9.59 Å². The molecule has 0 radical (unpaired) electrons. The lowest BCUT2D eigenvalue weighted by molar-refractivity contribution is -0.160. The van der Waals surface area contributed by atoms with Crippen LogP contribution in [0.3, 0.4) is 0 Å². The monoisotopic (exact) mass is 472 g/mol. The summed E-state index contributed by atoms with van der Waals surface area (Å²) in [6, 6.07) is 19.4. The van der Waals surface area contributed by atoms with Gasteiger partial charge in [0.2, 0.25) is 0 Å². The number of hydrogen-bond acceptors (Lipinski definition) is 5. The van der Waals surface area contributed by atoms with Crippen LogP contribution in [-0.2, 0) is 20.7 Å². The molecule has 0 fully saturated rings. The molecular formula is C29H32N2O4. The number of fused-ring (bicyclic) bond motifs is 3. The molecule has 1 aliphatic carbocycles. The zero-order valence-corrected chi connectivity index (χ0v) is 20.7. The van der Waals surface area contributed by atoms with Crippen molar-refractivity contribution in [2.45, 2.75) is 51.2 Å². The lowest BCUT2D eigenvalue weighted by atomic mass is 9.98. The van der Waals surface area contributed by atoms with Crippen LogP contribution < -0.4 is 0 Å². The molecule has 1 heterocycles. The highest BCUT2D eigenvalue weighted by Crippen LogP contribution is 2.44. The van der Waals surface area contributed by atoms with Crippen molar-refractivity contribution in [3.8, 4) is 11.1 Å². The summed E-state index contributed by atoms with van der Waals surface area (Å²) in [6.07, 6.45) is 3.91. The van der Waals surface area contributed by atoms with Gasteiger partial charge in [-0.15, -0.1) is 0 Å². The van der Waals surface area contributed by atoms with Crippen molar-refractivity contribution in [2.24, 2.45) is 0 Å². The first-order valence-corrected chi connectivity index (χ1v) is 11.9. The summed E-state index contributed by atoms with van der Waals surface area (Å²) in [5, 5.41) is 0. The first-order chi connectivity index (χ1) is 16.7. The van der Waals surface area contributed by atoms with Gasteiger partial charge in [-0.1, -0.05) is 48.5 Å². The first kappa shape index (κ1) is 24.5. The number of esters is 1. The molecule has 1 unspecified atom stereocenters. The molecule has 6 nitrogen and oxygen atoms in total. The number of benzene rings is 2. The molecular weight excluding hydrogens is 440 g/mol. The van der Waals surface area contributed by atoms with Gasteiger partial charge in [0.15, 0.2) is 0 Å². The number of carbonyl (C=O) groups is 2. The number of ether oxygens (including phenoxy) is 2. The van der Waals surface area contributed by atoms with Gasteiger partial charge in [0.05, 0.1) is 0 Å². The Morgan fingerprint density at radius 1 is 0.943 bits per heavy atom. The van der Waals surface area contributed by atoms with Crippen molar-refractivity contribution in [2.75, 3.05) is 13.7 Å². The van der Waals surface area contributed by atoms with Crippen LogP contribution in [0.2, 0.25) is 0 Å². The van der Waals surface area contributed by atoms with Crippen LogP contribution in [0.15, 0.2) is 73.1 Å². The Kier molecular flexibility index (Phi) is 7.20. The van der Waals surface area contributed by atoms with E-state index < -0.39 is 23.7 Å². The summed E-state index contributed by atoms with van der Waals surface area (Å²) in [5.74, 6) is -0.487. The van der Waals surface area contributed by atoms with E-state index >= 15 is 0 Å². The number of aryl methyl sites for hydroxylation is 1. The smallest absolute Gasteiger partial charge is 0.410 e. The molecule has 4 rings (SSSR count). The number of rotatable bonds is 7. The fraction of sp³-hybridized carbons (Fsp3) is 0.345. The van der Waals surface area contributed by atoms with Gasteiger partial charge >= 0.3 is 12.1 Å². The van der Waals surface area contributed by atoms with Crippen LogP contribution in [0.4, 0.5) is 4.79 Å². The summed E-state index contributed by atoms with van der Waals surface area (Å²) in [5.41, 5.74) is 5.00. The van der Waals surface area contributed by atoms with Gasteiger partial charge in [-0.3, -0.25) is 9.88 Å². The summed E-state index contributed by atoms with van der Waals surface area (Å²) in [4.78, 5) is 31.6. The van der Waals surface area contributed by atoms with Crippen molar-refractivity contribution >= 4 is 12.1 Å². The van der Waals surface area contributed by atoms with Gasteiger partial charge in [0.25, 0.3) is 0 Å². The highest BCUT2D eigenvalue weighted by Gasteiger charge is 2.34. The van der Waals surface area contributed by atoms with E-state index in [0.29, 0.717) is 12.8 Å². The number of amides is 1. The number of likely N-dealkylation sites (N-methyl/N-ethyl adjacent to an activating group) is 1. The average molecular weight is 473 g/mol. The maximum Gasteiger partial charge on any atom is 0.410 e. The Hall–Kier alpha value is -3.67. The van der Waals surface area contributed by atoms with Gasteiger partial charge < -0.3 is 9.47 Å². The molecule has 0 N–H and O–H groups in total. The molecule has 2 aromatic carbocycles. The van der Waals surface area contributed by atoms with E-state index in [-0.39, 0.29) is 12.5 Å². The van der Waals surface area contributed by atoms with Crippen molar-refractivity contribution in [3.05, 3.63) is 89.7 Å². The van der Waals surface area contributed by atoms with Crippen LogP contribution in [0.25, 0.3) is 11.1 Å². The second-order valence-electron chi connectivity index (χ2n) is 9.86. The fourth-order valence-electron chi connectivity index (χ4n) is 4.52. The molecule has 0 bridgehead atoms. The second-order valence-corrected chi connectivity index (χ2v) is 9.86. The predicted molar refractivity (Wildman–Crippen MR) is 135 cm³/mol.